The molecule has 0 bridgehead atoms. The molecule has 6 heteroatoms. The van der Waals surface area contributed by atoms with E-state index in [2.05, 4.69) is 68.5 Å². The summed E-state index contributed by atoms with van der Waals surface area (Å²) in [5.41, 5.74) is 29.5. The van der Waals surface area contributed by atoms with E-state index in [9.17, 15) is 0 Å². The first kappa shape index (κ1) is 44.8. The van der Waals surface area contributed by atoms with Gasteiger partial charge in [-0.05, 0) is 68.8 Å². The van der Waals surface area contributed by atoms with Gasteiger partial charge in [0.1, 0.15) is 6.17 Å². The zero-order chi connectivity index (χ0) is 37.1. The number of anilines is 5. The molecular formula is C42H62N6. The molecule has 10 N–H and O–H groups in total. The van der Waals surface area contributed by atoms with Gasteiger partial charge in [0.25, 0.3) is 0 Å². The highest BCUT2D eigenvalue weighted by atomic mass is 15.1. The van der Waals surface area contributed by atoms with Gasteiger partial charge in [0, 0.05) is 55.7 Å². The van der Waals surface area contributed by atoms with Crippen LogP contribution in [0.5, 0.6) is 0 Å². The summed E-state index contributed by atoms with van der Waals surface area (Å²) in [5, 5.41) is 11.3. The van der Waals surface area contributed by atoms with Gasteiger partial charge in [0.05, 0.1) is 0 Å². The van der Waals surface area contributed by atoms with Crippen LogP contribution in [0.2, 0.25) is 0 Å². The third-order valence-electron chi connectivity index (χ3n) is 6.46. The maximum Gasteiger partial charge on any atom is 0.119 e. The fourth-order valence-electron chi connectivity index (χ4n) is 4.03. The lowest BCUT2D eigenvalue weighted by atomic mass is 10.0. The second kappa shape index (κ2) is 26.8. The summed E-state index contributed by atoms with van der Waals surface area (Å²) in [4.78, 5) is 0. The summed E-state index contributed by atoms with van der Waals surface area (Å²) < 4.78 is 0. The molecule has 1 aliphatic heterocycles. The van der Waals surface area contributed by atoms with Gasteiger partial charge in [-0.15, -0.1) is 0 Å². The zero-order valence-electron chi connectivity index (χ0n) is 30.9. The number of nitrogens with one attached hydrogen (secondary N) is 2. The maximum atomic E-state index is 6.03. The van der Waals surface area contributed by atoms with Crippen molar-refractivity contribution >= 4 is 50.0 Å². The molecule has 1 heterocycles. The quantitative estimate of drug-likeness (QED) is 0.0741. The van der Waals surface area contributed by atoms with E-state index in [1.165, 1.54) is 11.0 Å². The lowest BCUT2D eigenvalue weighted by molar-refractivity contribution is 0.930. The molecule has 6 nitrogen and oxygen atoms in total. The maximum absolute atomic E-state index is 6.03. The molecule has 5 rings (SSSR count). The highest BCUT2D eigenvalue weighted by Crippen LogP contribution is 2.38. The van der Waals surface area contributed by atoms with Crippen LogP contribution in [0, 0.1) is 0 Å². The SMILES string of the molecule is C/C=C(\C)C1Nc2cccc3c(N)ccc(c23)N1.C=C/C(N)=C\C=C/C.C=CC=C.CC.CC.CC.Nc1ccc(N)c2ccccc12. The normalized spacial score (nSPS) is 12.3. The predicted molar refractivity (Wildman–Crippen MR) is 223 cm³/mol. The van der Waals surface area contributed by atoms with E-state index in [0.717, 1.165) is 44.6 Å². The number of nitrogen functional groups attached to an aromatic ring is 3. The topological polar surface area (TPSA) is 128 Å². The number of fused-ring (bicyclic) bond motifs is 1. The number of benzene rings is 4. The van der Waals surface area contributed by atoms with Crippen molar-refractivity contribution < 1.29 is 0 Å². The van der Waals surface area contributed by atoms with Gasteiger partial charge < -0.3 is 33.6 Å². The average Bonchev–Trinajstić information content (AvgIpc) is 3.16. The Bertz CT molecular complexity index is 1550. The molecule has 0 saturated heterocycles. The minimum atomic E-state index is 0.150. The van der Waals surface area contributed by atoms with E-state index in [1.807, 2.05) is 109 Å². The number of rotatable bonds is 4. The van der Waals surface area contributed by atoms with Gasteiger partial charge in [0.2, 0.25) is 0 Å². The van der Waals surface area contributed by atoms with Gasteiger partial charge in [-0.2, -0.15) is 0 Å². The molecule has 0 amide bonds. The van der Waals surface area contributed by atoms with Crippen molar-refractivity contribution in [3.63, 3.8) is 0 Å². The van der Waals surface area contributed by atoms with Crippen LogP contribution in [-0.4, -0.2) is 6.17 Å². The van der Waals surface area contributed by atoms with Crippen molar-refractivity contribution in [2.45, 2.75) is 68.5 Å². The second-order valence-electron chi connectivity index (χ2n) is 9.34. The third-order valence-corrected chi connectivity index (χ3v) is 6.46. The molecular weight excluding hydrogens is 589 g/mol. The van der Waals surface area contributed by atoms with E-state index in [-0.39, 0.29) is 6.17 Å². The van der Waals surface area contributed by atoms with Crippen LogP contribution in [0.1, 0.15) is 62.3 Å². The number of nitrogens with two attached hydrogens (primary N) is 4. The minimum Gasteiger partial charge on any atom is -0.399 e. The summed E-state index contributed by atoms with van der Waals surface area (Å²) in [5.74, 6) is 0. The smallest absolute Gasteiger partial charge is 0.119 e. The zero-order valence-corrected chi connectivity index (χ0v) is 30.9. The van der Waals surface area contributed by atoms with Crippen LogP contribution in [0.3, 0.4) is 0 Å². The third kappa shape index (κ3) is 14.4. The first-order valence-electron chi connectivity index (χ1n) is 16.7. The van der Waals surface area contributed by atoms with E-state index >= 15 is 0 Å². The van der Waals surface area contributed by atoms with Crippen LogP contribution < -0.4 is 33.6 Å². The van der Waals surface area contributed by atoms with Crippen molar-refractivity contribution in [2.24, 2.45) is 5.73 Å². The monoisotopic (exact) mass is 651 g/mol. The van der Waals surface area contributed by atoms with Gasteiger partial charge in [-0.25, -0.2) is 0 Å². The molecule has 48 heavy (non-hydrogen) atoms. The van der Waals surface area contributed by atoms with Gasteiger partial charge in [0.15, 0.2) is 0 Å². The molecule has 0 radical (unpaired) electrons. The average molecular weight is 651 g/mol. The molecule has 0 spiro atoms. The first-order chi connectivity index (χ1) is 23.2. The first-order valence-corrected chi connectivity index (χ1v) is 16.7. The van der Waals surface area contributed by atoms with Crippen LogP contribution in [0.25, 0.3) is 21.5 Å². The van der Waals surface area contributed by atoms with E-state index in [4.69, 9.17) is 22.9 Å². The van der Waals surface area contributed by atoms with Crippen molar-refractivity contribution in [1.82, 2.24) is 0 Å². The Labute approximate surface area is 291 Å². The molecule has 0 aliphatic carbocycles. The van der Waals surface area contributed by atoms with E-state index in [1.54, 1.807) is 24.3 Å². The van der Waals surface area contributed by atoms with Crippen molar-refractivity contribution in [2.75, 3.05) is 27.8 Å². The fourth-order valence-corrected chi connectivity index (χ4v) is 4.03. The highest BCUT2D eigenvalue weighted by molar-refractivity contribution is 6.09. The highest BCUT2D eigenvalue weighted by Gasteiger charge is 2.20. The Balaban J connectivity index is 0. The molecule has 1 unspecified atom stereocenters. The molecule has 1 atom stereocenters. The van der Waals surface area contributed by atoms with Crippen LogP contribution in [-0.2, 0) is 0 Å². The van der Waals surface area contributed by atoms with Crippen molar-refractivity contribution in [3.05, 3.63) is 140 Å². The molecule has 1 aliphatic rings. The van der Waals surface area contributed by atoms with Crippen molar-refractivity contribution in [3.8, 4) is 0 Å². The fraction of sp³-hybridized carbons (Fsp3) is 0.238. The van der Waals surface area contributed by atoms with Crippen molar-refractivity contribution in [1.29, 1.82) is 0 Å². The lowest BCUT2D eigenvalue weighted by Crippen LogP contribution is -2.32. The number of allylic oxidation sites excluding steroid dienone is 7. The van der Waals surface area contributed by atoms with Gasteiger partial charge in [-0.1, -0.05) is 128 Å². The summed E-state index contributed by atoms with van der Waals surface area (Å²) in [6, 6.07) is 21.7. The standard InChI is InChI=1S/C15H17N3.C10H10N2.C7H11N.C4H6.3C2H6/c1-3-9(2)15-17-12-6-4-5-10-11(16)7-8-13(18-15)14(10)12;11-9-5-6-10(12)8-4-2-1-3-7(8)9;1-3-5-6-7(8)4-2;1-3-4-2;3*1-2/h3-8,15,17-18H,16H2,1-2H3;1-6H,11-12H2;3-6H,2,8H2,1H3;3-4H,1-2H2;3*1-2H3/b9-3+;;5-3-,7-6+;;;;. The van der Waals surface area contributed by atoms with Crippen LogP contribution in [0.4, 0.5) is 28.4 Å². The predicted octanol–water partition coefficient (Wildman–Crippen LogP) is 11.6. The Morgan fingerprint density at radius 1 is 0.646 bits per heavy atom. The largest absolute Gasteiger partial charge is 0.399 e. The van der Waals surface area contributed by atoms with Gasteiger partial charge >= 0.3 is 0 Å². The second-order valence-corrected chi connectivity index (χ2v) is 9.34. The molecule has 4 aromatic rings. The summed E-state index contributed by atoms with van der Waals surface area (Å²) in [7, 11) is 0. The number of hydrogen-bond acceptors (Lipinski definition) is 6. The number of hydrogen-bond donors (Lipinski definition) is 6. The molecule has 0 saturated carbocycles. The van der Waals surface area contributed by atoms with Crippen LogP contribution in [0.15, 0.2) is 140 Å². The molecule has 260 valence electrons. The van der Waals surface area contributed by atoms with E-state index in [0.29, 0.717) is 5.70 Å². The minimum absolute atomic E-state index is 0.150. The Morgan fingerprint density at radius 2 is 1.08 bits per heavy atom. The Hall–Kier alpha value is -5.36. The van der Waals surface area contributed by atoms with E-state index < -0.39 is 0 Å². The Kier molecular flexibility index (Phi) is 25.0. The summed E-state index contributed by atoms with van der Waals surface area (Å²) in [6.07, 6.45) is 12.7. The lowest BCUT2D eigenvalue weighted by Gasteiger charge is -2.30. The molecule has 0 aromatic heterocycles. The van der Waals surface area contributed by atoms with Gasteiger partial charge in [-0.3, -0.25) is 0 Å². The summed E-state index contributed by atoms with van der Waals surface area (Å²) in [6.45, 7) is 28.3. The molecule has 0 fully saturated rings. The Morgan fingerprint density at radius 3 is 1.52 bits per heavy atom. The summed E-state index contributed by atoms with van der Waals surface area (Å²) >= 11 is 0. The van der Waals surface area contributed by atoms with Crippen LogP contribution >= 0.6 is 0 Å². The molecule has 4 aromatic carbocycles.